The van der Waals surface area contributed by atoms with Crippen molar-refractivity contribution in [3.05, 3.63) is 53.8 Å². The fourth-order valence-electron chi connectivity index (χ4n) is 2.61. The van der Waals surface area contributed by atoms with Crippen molar-refractivity contribution in [3.8, 4) is 11.5 Å². The maximum absolute atomic E-state index is 12.3. The van der Waals surface area contributed by atoms with Gasteiger partial charge < -0.3 is 18.8 Å². The SMILES string of the molecule is CCOC(=O)c1cc(Oc2ccc(SOOC)cc2)c2cc(C(=O)N(C)C)oc2c1. The van der Waals surface area contributed by atoms with E-state index >= 15 is 0 Å². The summed E-state index contributed by atoms with van der Waals surface area (Å²) in [5.41, 5.74) is 0.611. The van der Waals surface area contributed by atoms with Crippen LogP contribution in [-0.2, 0) is 14.0 Å². The van der Waals surface area contributed by atoms with E-state index in [0.717, 1.165) is 16.9 Å². The molecule has 9 heteroatoms. The van der Waals surface area contributed by atoms with Gasteiger partial charge in [0.25, 0.3) is 5.91 Å². The van der Waals surface area contributed by atoms with Gasteiger partial charge in [0.05, 0.1) is 36.7 Å². The minimum absolute atomic E-state index is 0.143. The number of fused-ring (bicyclic) bond motifs is 1. The van der Waals surface area contributed by atoms with E-state index in [4.69, 9.17) is 18.2 Å². The van der Waals surface area contributed by atoms with E-state index in [1.165, 1.54) is 18.1 Å². The predicted molar refractivity (Wildman–Crippen MR) is 111 cm³/mol. The van der Waals surface area contributed by atoms with Crippen LogP contribution in [0.25, 0.3) is 11.0 Å². The first-order valence-electron chi connectivity index (χ1n) is 9.04. The highest BCUT2D eigenvalue weighted by Gasteiger charge is 2.20. The second-order valence-corrected chi connectivity index (χ2v) is 7.08. The zero-order valence-corrected chi connectivity index (χ0v) is 17.8. The van der Waals surface area contributed by atoms with Crippen molar-refractivity contribution in [2.24, 2.45) is 0 Å². The molecule has 0 unspecified atom stereocenters. The third kappa shape index (κ3) is 4.93. The van der Waals surface area contributed by atoms with E-state index in [2.05, 4.69) is 4.89 Å². The molecule has 1 amide bonds. The van der Waals surface area contributed by atoms with Crippen LogP contribution in [0.3, 0.4) is 0 Å². The van der Waals surface area contributed by atoms with Crippen LogP contribution in [0.2, 0.25) is 0 Å². The lowest BCUT2D eigenvalue weighted by atomic mass is 10.1. The molecule has 2 aromatic carbocycles. The van der Waals surface area contributed by atoms with Gasteiger partial charge in [-0.15, -0.1) is 0 Å². The smallest absolute Gasteiger partial charge is 0.338 e. The Hall–Kier alpha value is -3.01. The summed E-state index contributed by atoms with van der Waals surface area (Å²) in [6, 6.07) is 11.8. The van der Waals surface area contributed by atoms with Crippen LogP contribution in [0, 0.1) is 0 Å². The van der Waals surface area contributed by atoms with Crippen LogP contribution in [0.5, 0.6) is 11.5 Å². The lowest BCUT2D eigenvalue weighted by Gasteiger charge is -2.09. The van der Waals surface area contributed by atoms with Crippen LogP contribution in [0.15, 0.2) is 51.8 Å². The fourth-order valence-corrected chi connectivity index (χ4v) is 3.01. The van der Waals surface area contributed by atoms with Crippen molar-refractivity contribution in [1.82, 2.24) is 4.90 Å². The zero-order chi connectivity index (χ0) is 21.7. The molecule has 0 N–H and O–H groups in total. The number of carbonyl (C=O) groups is 2. The van der Waals surface area contributed by atoms with E-state index in [0.29, 0.717) is 22.5 Å². The largest absolute Gasteiger partial charge is 0.462 e. The van der Waals surface area contributed by atoms with Gasteiger partial charge in [-0.2, -0.15) is 4.33 Å². The van der Waals surface area contributed by atoms with Gasteiger partial charge in [0.15, 0.2) is 5.76 Å². The molecule has 0 aliphatic heterocycles. The maximum Gasteiger partial charge on any atom is 0.338 e. The Morgan fingerprint density at radius 2 is 1.83 bits per heavy atom. The van der Waals surface area contributed by atoms with Crippen molar-refractivity contribution >= 4 is 34.9 Å². The summed E-state index contributed by atoms with van der Waals surface area (Å²) >= 11 is 1.06. The van der Waals surface area contributed by atoms with E-state index < -0.39 is 5.97 Å². The minimum Gasteiger partial charge on any atom is -0.462 e. The molecule has 0 aliphatic carbocycles. The fraction of sp³-hybridized carbons (Fsp3) is 0.238. The van der Waals surface area contributed by atoms with Crippen LogP contribution >= 0.6 is 12.0 Å². The molecule has 0 spiro atoms. The molecule has 1 aromatic heterocycles. The Balaban J connectivity index is 1.99. The Kier molecular flexibility index (Phi) is 6.99. The number of rotatable bonds is 8. The predicted octanol–water partition coefficient (Wildman–Crippen LogP) is 4.69. The van der Waals surface area contributed by atoms with Gasteiger partial charge in [0, 0.05) is 25.1 Å². The van der Waals surface area contributed by atoms with Gasteiger partial charge in [0.1, 0.15) is 17.1 Å². The molecule has 0 saturated heterocycles. The number of nitrogens with zero attached hydrogens (tertiary/aromatic N) is 1. The molecule has 30 heavy (non-hydrogen) atoms. The van der Waals surface area contributed by atoms with Gasteiger partial charge >= 0.3 is 5.97 Å². The molecular weight excluding hydrogens is 410 g/mol. The van der Waals surface area contributed by atoms with Crippen LogP contribution in [-0.4, -0.2) is 44.6 Å². The highest BCUT2D eigenvalue weighted by molar-refractivity contribution is 7.94. The van der Waals surface area contributed by atoms with Crippen LogP contribution in [0.4, 0.5) is 0 Å². The highest BCUT2D eigenvalue weighted by Crippen LogP contribution is 2.35. The van der Waals surface area contributed by atoms with Gasteiger partial charge in [-0.3, -0.25) is 4.79 Å². The average Bonchev–Trinajstić information content (AvgIpc) is 3.17. The lowest BCUT2D eigenvalue weighted by molar-refractivity contribution is -0.160. The number of hydrogen-bond acceptors (Lipinski definition) is 8. The van der Waals surface area contributed by atoms with Crippen molar-refractivity contribution in [2.45, 2.75) is 11.8 Å². The van der Waals surface area contributed by atoms with Crippen LogP contribution in [0.1, 0.15) is 27.8 Å². The monoisotopic (exact) mass is 431 g/mol. The Morgan fingerprint density at radius 3 is 2.47 bits per heavy atom. The number of esters is 1. The zero-order valence-electron chi connectivity index (χ0n) is 17.0. The third-order valence-corrected chi connectivity index (χ3v) is 4.65. The molecule has 0 aliphatic rings. The molecule has 8 nitrogen and oxygen atoms in total. The summed E-state index contributed by atoms with van der Waals surface area (Å²) in [6.45, 7) is 1.96. The molecule has 0 atom stereocenters. The summed E-state index contributed by atoms with van der Waals surface area (Å²) in [5, 5.41) is 0.564. The normalized spacial score (nSPS) is 10.8. The molecule has 3 aromatic rings. The first kappa shape index (κ1) is 21.7. The Bertz CT molecular complexity index is 1040. The molecule has 3 rings (SSSR count). The third-order valence-electron chi connectivity index (χ3n) is 3.98. The van der Waals surface area contributed by atoms with Crippen molar-refractivity contribution in [1.29, 1.82) is 0 Å². The van der Waals surface area contributed by atoms with E-state index in [1.54, 1.807) is 57.4 Å². The second kappa shape index (κ2) is 9.66. The number of amides is 1. The topological polar surface area (TPSA) is 87.4 Å². The number of carbonyl (C=O) groups excluding carboxylic acids is 2. The van der Waals surface area contributed by atoms with Gasteiger partial charge in [-0.05, 0) is 43.3 Å². The van der Waals surface area contributed by atoms with E-state index in [1.807, 2.05) is 0 Å². The van der Waals surface area contributed by atoms with Crippen molar-refractivity contribution in [3.63, 3.8) is 0 Å². The summed E-state index contributed by atoms with van der Waals surface area (Å²) in [4.78, 5) is 31.4. The first-order chi connectivity index (χ1) is 14.4. The summed E-state index contributed by atoms with van der Waals surface area (Å²) in [7, 11) is 4.68. The van der Waals surface area contributed by atoms with Crippen LogP contribution < -0.4 is 4.74 Å². The standard InChI is InChI=1S/C21H21NO7S/c1-5-26-21(24)13-10-17(27-14-6-8-15(9-7-14)30-29-25-4)16-12-19(20(23)22(2)3)28-18(16)11-13/h6-12H,5H2,1-4H3. The first-order valence-corrected chi connectivity index (χ1v) is 9.78. The van der Waals surface area contributed by atoms with Crippen molar-refractivity contribution < 1.29 is 32.7 Å². The van der Waals surface area contributed by atoms with Gasteiger partial charge in [-0.25, -0.2) is 9.68 Å². The quantitative estimate of drug-likeness (QED) is 0.220. The second-order valence-electron chi connectivity index (χ2n) is 6.31. The minimum atomic E-state index is -0.510. The Morgan fingerprint density at radius 1 is 1.10 bits per heavy atom. The molecule has 158 valence electrons. The van der Waals surface area contributed by atoms with E-state index in [9.17, 15) is 9.59 Å². The molecule has 0 fully saturated rings. The highest BCUT2D eigenvalue weighted by atomic mass is 32.2. The molecule has 0 saturated carbocycles. The summed E-state index contributed by atoms with van der Waals surface area (Å²) in [5.74, 6) is 0.231. The molecule has 0 radical (unpaired) electrons. The molecule has 0 bridgehead atoms. The van der Waals surface area contributed by atoms with E-state index in [-0.39, 0.29) is 23.8 Å². The number of ether oxygens (including phenoxy) is 2. The average molecular weight is 431 g/mol. The molecule has 1 heterocycles. The van der Waals surface area contributed by atoms with Crippen molar-refractivity contribution in [2.75, 3.05) is 27.8 Å². The van der Waals surface area contributed by atoms with Gasteiger partial charge in [-0.1, -0.05) is 0 Å². The number of hydrogen-bond donors (Lipinski definition) is 0. The maximum atomic E-state index is 12.3. The summed E-state index contributed by atoms with van der Waals surface area (Å²) < 4.78 is 21.6. The molecular formula is C21H21NO7S. The number of benzene rings is 2. The van der Waals surface area contributed by atoms with Gasteiger partial charge in [0.2, 0.25) is 0 Å². The Labute approximate surface area is 177 Å². The lowest BCUT2D eigenvalue weighted by Crippen LogP contribution is -2.20. The summed E-state index contributed by atoms with van der Waals surface area (Å²) in [6.07, 6.45) is 0. The number of furan rings is 1.